The van der Waals surface area contributed by atoms with E-state index in [9.17, 15) is 4.39 Å². The van der Waals surface area contributed by atoms with E-state index in [1.165, 1.54) is 0 Å². The number of aryl methyl sites for hydroxylation is 1. The zero-order valence-electron chi connectivity index (χ0n) is 13.2. The van der Waals surface area contributed by atoms with Crippen molar-refractivity contribution in [2.24, 2.45) is 0 Å². The molecule has 0 aliphatic carbocycles. The van der Waals surface area contributed by atoms with Gasteiger partial charge in [0.2, 0.25) is 0 Å². The molecule has 0 aliphatic heterocycles. The van der Waals surface area contributed by atoms with E-state index in [0.717, 1.165) is 23.5 Å². The third kappa shape index (κ3) is 3.19. The molecule has 0 saturated carbocycles. The maximum Gasteiger partial charge on any atom is 0.165 e. The highest BCUT2D eigenvalue weighted by Gasteiger charge is 2.16. The fourth-order valence-corrected chi connectivity index (χ4v) is 3.10. The number of imidazole rings is 1. The number of benzene rings is 1. The minimum absolute atomic E-state index is 0.349. The predicted molar refractivity (Wildman–Crippen MR) is 96.9 cm³/mol. The molecule has 3 aromatic rings. The van der Waals surface area contributed by atoms with E-state index in [0.29, 0.717) is 34.4 Å². The zero-order chi connectivity index (χ0) is 17.1. The Bertz CT molecular complexity index is 863. The van der Waals surface area contributed by atoms with E-state index in [2.05, 4.69) is 10.3 Å². The van der Waals surface area contributed by atoms with E-state index < -0.39 is 0 Å². The number of nitrogens with zero attached hydrogens (tertiary/aromatic N) is 3. The number of halogens is 3. The molecule has 0 amide bonds. The Morgan fingerprint density at radius 2 is 2.12 bits per heavy atom. The molecule has 126 valence electrons. The number of hydrogen-bond acceptors (Lipinski definition) is 3. The molecular weight excluding hydrogens is 350 g/mol. The van der Waals surface area contributed by atoms with Crippen LogP contribution in [0.15, 0.2) is 30.6 Å². The Morgan fingerprint density at radius 3 is 2.83 bits per heavy atom. The van der Waals surface area contributed by atoms with Gasteiger partial charge in [-0.2, -0.15) is 0 Å². The third-order valence-corrected chi connectivity index (χ3v) is 4.29. The zero-order valence-corrected chi connectivity index (χ0v) is 14.7. The number of fused-ring (bicyclic) bond motifs is 1. The van der Waals surface area contributed by atoms with Crippen molar-refractivity contribution in [3.63, 3.8) is 0 Å². The number of nitrogens with one attached hydrogen (secondary N) is 1. The van der Waals surface area contributed by atoms with Crippen molar-refractivity contribution in [3.8, 4) is 11.3 Å². The summed E-state index contributed by atoms with van der Waals surface area (Å²) in [5.74, 6) is 0.870. The molecule has 3 rings (SSSR count). The second kappa shape index (κ2) is 7.36. The van der Waals surface area contributed by atoms with Gasteiger partial charge in [-0.05, 0) is 31.0 Å². The molecule has 0 unspecified atom stereocenters. The molecule has 0 fully saturated rings. The molecule has 0 radical (unpaired) electrons. The van der Waals surface area contributed by atoms with Gasteiger partial charge >= 0.3 is 0 Å². The predicted octanol–water partition coefficient (Wildman–Crippen LogP) is 5.04. The molecule has 4 nitrogen and oxygen atoms in total. The second-order valence-corrected chi connectivity index (χ2v) is 6.17. The molecule has 0 aliphatic rings. The Hall–Kier alpha value is -1.85. The van der Waals surface area contributed by atoms with Crippen molar-refractivity contribution in [1.29, 1.82) is 0 Å². The number of rotatable bonds is 6. The van der Waals surface area contributed by atoms with Gasteiger partial charge in [0.15, 0.2) is 5.65 Å². The van der Waals surface area contributed by atoms with Crippen LogP contribution in [0, 0.1) is 0 Å². The molecule has 2 aromatic heterocycles. The first kappa shape index (κ1) is 17.0. The van der Waals surface area contributed by atoms with Crippen molar-refractivity contribution < 1.29 is 4.39 Å². The van der Waals surface area contributed by atoms with Gasteiger partial charge in [-0.15, -0.1) is 0 Å². The fraction of sp³-hybridized carbons (Fsp3) is 0.294. The first-order valence-corrected chi connectivity index (χ1v) is 8.52. The molecule has 1 N–H and O–H groups in total. The lowest BCUT2D eigenvalue weighted by Gasteiger charge is -2.08. The van der Waals surface area contributed by atoms with Gasteiger partial charge in [0.25, 0.3) is 0 Å². The Balaban J connectivity index is 2.13. The topological polar surface area (TPSA) is 42.2 Å². The van der Waals surface area contributed by atoms with Crippen molar-refractivity contribution in [3.05, 3.63) is 46.3 Å². The summed E-state index contributed by atoms with van der Waals surface area (Å²) in [6, 6.07) is 5.30. The molecular formula is C17H17Cl2FN4. The van der Waals surface area contributed by atoms with Crippen LogP contribution in [-0.2, 0) is 6.42 Å². The quantitative estimate of drug-likeness (QED) is 0.621. The van der Waals surface area contributed by atoms with Crippen LogP contribution in [0.5, 0.6) is 0 Å². The third-order valence-electron chi connectivity index (χ3n) is 3.74. The van der Waals surface area contributed by atoms with Crippen LogP contribution in [-0.4, -0.2) is 27.6 Å². The minimum Gasteiger partial charge on any atom is -0.370 e. The minimum atomic E-state index is -0.349. The number of alkyl halides is 1. The summed E-state index contributed by atoms with van der Waals surface area (Å²) in [6.07, 6.45) is 4.76. The monoisotopic (exact) mass is 366 g/mol. The number of hydrogen-bond donors (Lipinski definition) is 1. The molecule has 0 spiro atoms. The highest BCUT2D eigenvalue weighted by atomic mass is 35.5. The molecule has 1 aromatic carbocycles. The molecule has 7 heteroatoms. The molecule has 0 bridgehead atoms. The summed E-state index contributed by atoms with van der Waals surface area (Å²) in [7, 11) is 0. The van der Waals surface area contributed by atoms with E-state index in [1.54, 1.807) is 18.3 Å². The summed E-state index contributed by atoms with van der Waals surface area (Å²) in [5, 5.41) is 4.36. The van der Waals surface area contributed by atoms with Crippen LogP contribution in [0.4, 0.5) is 10.2 Å². The van der Waals surface area contributed by atoms with Gasteiger partial charge < -0.3 is 5.32 Å². The lowest BCUT2D eigenvalue weighted by Crippen LogP contribution is -2.06. The standard InChI is InChI=1S/C17H17Cl2FN4/c1-2-14-16(22-7-3-6-20)24-9-8-21-15(17(24)23-14)12-5-4-11(18)10-13(12)19/h4-5,8-10,22H,2-3,6-7H2,1H3. The fourth-order valence-electron chi connectivity index (χ4n) is 2.60. The van der Waals surface area contributed by atoms with Crippen LogP contribution in [0.1, 0.15) is 19.0 Å². The van der Waals surface area contributed by atoms with E-state index in [1.807, 2.05) is 23.6 Å². The van der Waals surface area contributed by atoms with E-state index >= 15 is 0 Å². The van der Waals surface area contributed by atoms with Gasteiger partial charge in [0, 0.05) is 29.5 Å². The lowest BCUT2D eigenvalue weighted by molar-refractivity contribution is 0.481. The second-order valence-electron chi connectivity index (χ2n) is 5.32. The average Bonchev–Trinajstić information content (AvgIpc) is 2.93. The summed E-state index contributed by atoms with van der Waals surface area (Å²) in [5.41, 5.74) is 3.08. The van der Waals surface area contributed by atoms with Gasteiger partial charge in [0.1, 0.15) is 11.5 Å². The lowest BCUT2D eigenvalue weighted by atomic mass is 10.1. The maximum atomic E-state index is 12.4. The van der Waals surface area contributed by atoms with Crippen LogP contribution < -0.4 is 5.32 Å². The number of aromatic nitrogens is 3. The SMILES string of the molecule is CCc1nc2c(-c3ccc(Cl)cc3Cl)nccn2c1NCCCF. The van der Waals surface area contributed by atoms with Crippen molar-refractivity contribution >= 4 is 34.7 Å². The summed E-state index contributed by atoms with van der Waals surface area (Å²) < 4.78 is 14.3. The van der Waals surface area contributed by atoms with Crippen molar-refractivity contribution in [2.45, 2.75) is 19.8 Å². The first-order valence-electron chi connectivity index (χ1n) is 7.77. The van der Waals surface area contributed by atoms with Crippen LogP contribution >= 0.6 is 23.2 Å². The van der Waals surface area contributed by atoms with Gasteiger partial charge in [-0.25, -0.2) is 4.98 Å². The van der Waals surface area contributed by atoms with Gasteiger partial charge in [-0.3, -0.25) is 13.8 Å². The highest BCUT2D eigenvalue weighted by molar-refractivity contribution is 6.36. The summed E-state index contributed by atoms with van der Waals surface area (Å²) in [6.45, 7) is 2.24. The van der Waals surface area contributed by atoms with Gasteiger partial charge in [-0.1, -0.05) is 30.1 Å². The Morgan fingerprint density at radius 1 is 1.29 bits per heavy atom. The van der Waals surface area contributed by atoms with Crippen LogP contribution in [0.3, 0.4) is 0 Å². The maximum absolute atomic E-state index is 12.4. The van der Waals surface area contributed by atoms with Crippen molar-refractivity contribution in [1.82, 2.24) is 14.4 Å². The summed E-state index contributed by atoms with van der Waals surface area (Å²) in [4.78, 5) is 9.16. The van der Waals surface area contributed by atoms with Crippen molar-refractivity contribution in [2.75, 3.05) is 18.5 Å². The van der Waals surface area contributed by atoms with E-state index in [4.69, 9.17) is 28.2 Å². The Kier molecular flexibility index (Phi) is 5.21. The van der Waals surface area contributed by atoms with Crippen LogP contribution in [0.2, 0.25) is 10.0 Å². The van der Waals surface area contributed by atoms with E-state index in [-0.39, 0.29) is 6.67 Å². The van der Waals surface area contributed by atoms with Gasteiger partial charge in [0.05, 0.1) is 17.4 Å². The molecule has 2 heterocycles. The Labute approximate surface area is 149 Å². The smallest absolute Gasteiger partial charge is 0.165 e. The highest BCUT2D eigenvalue weighted by Crippen LogP contribution is 2.32. The van der Waals surface area contributed by atoms with Crippen LogP contribution in [0.25, 0.3) is 16.9 Å². The average molecular weight is 367 g/mol. The largest absolute Gasteiger partial charge is 0.370 e. The molecule has 0 saturated heterocycles. The normalized spacial score (nSPS) is 11.2. The first-order chi connectivity index (χ1) is 11.7. The molecule has 0 atom stereocenters. The number of anilines is 1. The summed E-state index contributed by atoms with van der Waals surface area (Å²) >= 11 is 12.3. The molecule has 24 heavy (non-hydrogen) atoms.